The van der Waals surface area contributed by atoms with Gasteiger partial charge in [0.25, 0.3) is 0 Å². The molecule has 0 radical (unpaired) electrons. The first-order chi connectivity index (χ1) is 10.0. The lowest BCUT2D eigenvalue weighted by molar-refractivity contribution is -0.274. The summed E-state index contributed by atoms with van der Waals surface area (Å²) in [5.41, 5.74) is 0.169. The molecule has 114 valence electrons. The van der Waals surface area contributed by atoms with Crippen LogP contribution in [0.15, 0.2) is 24.3 Å². The van der Waals surface area contributed by atoms with Gasteiger partial charge in [0.15, 0.2) is 6.29 Å². The second-order valence-corrected chi connectivity index (χ2v) is 4.45. The molecule has 0 aliphatic carbocycles. The Balaban J connectivity index is 1.92. The number of para-hydroxylation sites is 1. The lowest BCUT2D eigenvalue weighted by atomic mass is 10.2. The third-order valence-corrected chi connectivity index (χ3v) is 2.82. The molecule has 0 bridgehead atoms. The monoisotopic (exact) mass is 300 g/mol. The number of rotatable bonds is 3. The van der Waals surface area contributed by atoms with Crippen molar-refractivity contribution in [1.82, 2.24) is 0 Å². The van der Waals surface area contributed by atoms with E-state index in [0.29, 0.717) is 6.61 Å². The molecule has 0 amide bonds. The van der Waals surface area contributed by atoms with Gasteiger partial charge in [-0.3, -0.25) is 0 Å². The molecule has 0 N–H and O–H groups in total. The molecule has 1 aromatic carbocycles. The quantitative estimate of drug-likeness (QED) is 0.800. The van der Waals surface area contributed by atoms with Gasteiger partial charge < -0.3 is 14.2 Å². The Kier molecular flexibility index (Phi) is 5.48. The molecule has 2 rings (SSSR count). The van der Waals surface area contributed by atoms with Gasteiger partial charge in [0.1, 0.15) is 12.4 Å². The Bertz CT molecular complexity index is 511. The van der Waals surface area contributed by atoms with Gasteiger partial charge in [-0.15, -0.1) is 13.2 Å². The fraction of sp³-hybridized carbons (Fsp3) is 0.467. The van der Waals surface area contributed by atoms with E-state index in [9.17, 15) is 13.2 Å². The second-order valence-electron chi connectivity index (χ2n) is 4.45. The molecule has 1 aromatic rings. The molecule has 0 saturated carbocycles. The lowest BCUT2D eigenvalue weighted by Gasteiger charge is -2.21. The number of alkyl halides is 3. The maximum atomic E-state index is 12.2. The van der Waals surface area contributed by atoms with E-state index in [2.05, 4.69) is 16.6 Å². The van der Waals surface area contributed by atoms with E-state index < -0.39 is 6.36 Å². The van der Waals surface area contributed by atoms with Crippen LogP contribution >= 0.6 is 0 Å². The molecule has 21 heavy (non-hydrogen) atoms. The fourth-order valence-electron chi connectivity index (χ4n) is 1.89. The van der Waals surface area contributed by atoms with Gasteiger partial charge in [-0.2, -0.15) is 0 Å². The zero-order valence-corrected chi connectivity index (χ0v) is 11.3. The molecule has 1 fully saturated rings. The Morgan fingerprint density at radius 3 is 2.76 bits per heavy atom. The minimum absolute atomic E-state index is 0.102. The van der Waals surface area contributed by atoms with Crippen molar-refractivity contribution < 1.29 is 27.4 Å². The summed E-state index contributed by atoms with van der Waals surface area (Å²) in [5.74, 6) is 4.98. The van der Waals surface area contributed by atoms with E-state index >= 15 is 0 Å². The number of hydrogen-bond acceptors (Lipinski definition) is 3. The predicted octanol–water partition coefficient (Wildman–Crippen LogP) is 3.48. The van der Waals surface area contributed by atoms with Gasteiger partial charge in [0, 0.05) is 6.61 Å². The molecule has 1 unspecified atom stereocenters. The van der Waals surface area contributed by atoms with Crippen LogP contribution in [0.1, 0.15) is 24.8 Å². The summed E-state index contributed by atoms with van der Waals surface area (Å²) >= 11 is 0. The van der Waals surface area contributed by atoms with Crippen LogP contribution in [0.2, 0.25) is 0 Å². The maximum absolute atomic E-state index is 12.2. The predicted molar refractivity (Wildman–Crippen MR) is 69.5 cm³/mol. The van der Waals surface area contributed by atoms with Crippen molar-refractivity contribution in [3.05, 3.63) is 29.8 Å². The Morgan fingerprint density at radius 2 is 2.05 bits per heavy atom. The van der Waals surface area contributed by atoms with Crippen molar-refractivity contribution in [2.75, 3.05) is 13.2 Å². The van der Waals surface area contributed by atoms with E-state index in [1.807, 2.05) is 0 Å². The summed E-state index contributed by atoms with van der Waals surface area (Å²) < 4.78 is 51.4. The molecule has 6 heteroatoms. The van der Waals surface area contributed by atoms with E-state index in [1.54, 1.807) is 6.07 Å². The Labute approximate surface area is 121 Å². The molecule has 0 spiro atoms. The summed E-state index contributed by atoms with van der Waals surface area (Å²) in [6.45, 7) is 0.769. The van der Waals surface area contributed by atoms with Crippen molar-refractivity contribution in [3.8, 4) is 17.6 Å². The van der Waals surface area contributed by atoms with E-state index in [1.165, 1.54) is 18.2 Å². The van der Waals surface area contributed by atoms with E-state index in [-0.39, 0.29) is 24.2 Å². The van der Waals surface area contributed by atoms with Crippen molar-refractivity contribution in [1.29, 1.82) is 0 Å². The number of hydrogen-bond donors (Lipinski definition) is 0. The van der Waals surface area contributed by atoms with Gasteiger partial charge in [0.2, 0.25) is 0 Å². The van der Waals surface area contributed by atoms with E-state index in [4.69, 9.17) is 9.47 Å². The smallest absolute Gasteiger partial charge is 0.404 e. The van der Waals surface area contributed by atoms with Gasteiger partial charge in [0.05, 0.1) is 5.56 Å². The molecule has 1 aliphatic heterocycles. The summed E-state index contributed by atoms with van der Waals surface area (Å²) in [4.78, 5) is 0. The minimum atomic E-state index is -4.73. The first-order valence-electron chi connectivity index (χ1n) is 6.61. The normalized spacial score (nSPS) is 18.7. The zero-order chi connectivity index (χ0) is 15.1. The van der Waals surface area contributed by atoms with Gasteiger partial charge in [-0.1, -0.05) is 24.0 Å². The van der Waals surface area contributed by atoms with Crippen LogP contribution < -0.4 is 4.74 Å². The molecule has 1 saturated heterocycles. The Morgan fingerprint density at radius 1 is 1.24 bits per heavy atom. The van der Waals surface area contributed by atoms with Gasteiger partial charge in [-0.25, -0.2) is 0 Å². The SMILES string of the molecule is FC(F)(F)Oc1ccccc1C#CCOC1CCCCO1. The third kappa shape index (κ3) is 5.66. The molecule has 1 atom stereocenters. The molecule has 1 heterocycles. The largest absolute Gasteiger partial charge is 0.573 e. The number of ether oxygens (including phenoxy) is 3. The topological polar surface area (TPSA) is 27.7 Å². The van der Waals surface area contributed by atoms with Crippen molar-refractivity contribution in [3.63, 3.8) is 0 Å². The average Bonchev–Trinajstić information content (AvgIpc) is 2.45. The molecular weight excluding hydrogens is 285 g/mol. The Hall–Kier alpha value is -1.71. The first-order valence-corrected chi connectivity index (χ1v) is 6.61. The zero-order valence-electron chi connectivity index (χ0n) is 11.3. The van der Waals surface area contributed by atoms with Crippen LogP contribution in [0, 0.1) is 11.8 Å². The lowest BCUT2D eigenvalue weighted by Crippen LogP contribution is -2.22. The minimum Gasteiger partial charge on any atom is -0.404 e. The van der Waals surface area contributed by atoms with Crippen LogP contribution in [0.3, 0.4) is 0 Å². The maximum Gasteiger partial charge on any atom is 0.573 e. The highest BCUT2D eigenvalue weighted by atomic mass is 19.4. The second kappa shape index (κ2) is 7.34. The van der Waals surface area contributed by atoms with E-state index in [0.717, 1.165) is 19.3 Å². The molecule has 0 aromatic heterocycles. The standard InChI is InChI=1S/C15H15F3O3/c16-15(17,18)21-13-8-2-1-6-12(13)7-5-11-20-14-9-3-4-10-19-14/h1-2,6,8,14H,3-4,9-11H2. The third-order valence-electron chi connectivity index (χ3n) is 2.82. The van der Waals surface area contributed by atoms with Gasteiger partial charge in [-0.05, 0) is 31.4 Å². The molecular formula is C15H15F3O3. The summed E-state index contributed by atoms with van der Waals surface area (Å²) in [5, 5.41) is 0. The summed E-state index contributed by atoms with van der Waals surface area (Å²) in [7, 11) is 0. The highest BCUT2D eigenvalue weighted by molar-refractivity contribution is 5.46. The number of benzene rings is 1. The van der Waals surface area contributed by atoms with Crippen molar-refractivity contribution in [2.45, 2.75) is 31.9 Å². The van der Waals surface area contributed by atoms with Crippen LogP contribution in [0.5, 0.6) is 5.75 Å². The van der Waals surface area contributed by atoms with Crippen LogP contribution in [0.4, 0.5) is 13.2 Å². The average molecular weight is 300 g/mol. The summed E-state index contributed by atoms with van der Waals surface area (Å²) in [6, 6.07) is 5.74. The number of halogens is 3. The van der Waals surface area contributed by atoms with Crippen LogP contribution in [0.25, 0.3) is 0 Å². The molecule has 3 nitrogen and oxygen atoms in total. The van der Waals surface area contributed by atoms with Crippen molar-refractivity contribution in [2.24, 2.45) is 0 Å². The van der Waals surface area contributed by atoms with Gasteiger partial charge >= 0.3 is 6.36 Å². The van der Waals surface area contributed by atoms with Crippen molar-refractivity contribution >= 4 is 0 Å². The first kappa shape index (κ1) is 15.7. The van der Waals surface area contributed by atoms with Crippen LogP contribution in [-0.4, -0.2) is 25.9 Å². The highest BCUT2D eigenvalue weighted by Gasteiger charge is 2.31. The molecule has 1 aliphatic rings. The highest BCUT2D eigenvalue weighted by Crippen LogP contribution is 2.25. The summed E-state index contributed by atoms with van der Waals surface area (Å²) in [6.07, 6.45) is -2.12. The fourth-order valence-corrected chi connectivity index (χ4v) is 1.89. The van der Waals surface area contributed by atoms with Crippen LogP contribution in [-0.2, 0) is 9.47 Å².